The summed E-state index contributed by atoms with van der Waals surface area (Å²) < 4.78 is 5.82. The molecule has 1 rings (SSSR count). The van der Waals surface area contributed by atoms with E-state index < -0.39 is 0 Å². The van der Waals surface area contributed by atoms with Gasteiger partial charge in [-0.2, -0.15) is 0 Å². The molecule has 0 aromatic heterocycles. The number of nitrogens with zero attached hydrogens (tertiary/aromatic N) is 1. The molecule has 16 heavy (non-hydrogen) atoms. The average Bonchev–Trinajstić information content (AvgIpc) is 2.65. The summed E-state index contributed by atoms with van der Waals surface area (Å²) in [6, 6.07) is 0. The molecule has 1 fully saturated rings. The average molecular weight is 227 g/mol. The molecule has 0 amide bonds. The number of likely N-dealkylation sites (tertiary alicyclic amines) is 1. The molecular formula is C13H25NO2. The smallest absolute Gasteiger partial charge is 0.119 e. The van der Waals surface area contributed by atoms with Gasteiger partial charge in [0.25, 0.3) is 0 Å². The van der Waals surface area contributed by atoms with Crippen LogP contribution in [0.2, 0.25) is 0 Å². The molecule has 1 heterocycles. The van der Waals surface area contributed by atoms with Gasteiger partial charge in [0, 0.05) is 31.7 Å². The van der Waals surface area contributed by atoms with Crippen molar-refractivity contribution in [2.24, 2.45) is 0 Å². The molecule has 0 aliphatic carbocycles. The van der Waals surface area contributed by atoms with Crippen LogP contribution in [0.3, 0.4) is 0 Å². The zero-order chi connectivity index (χ0) is 12.0. The molecule has 0 N–H and O–H groups in total. The Hall–Kier alpha value is -0.410. The Kier molecular flexibility index (Phi) is 5.42. The first-order valence-electron chi connectivity index (χ1n) is 6.34. The van der Waals surface area contributed by atoms with Gasteiger partial charge in [0.15, 0.2) is 0 Å². The van der Waals surface area contributed by atoms with Gasteiger partial charge in [0.1, 0.15) is 6.29 Å². The topological polar surface area (TPSA) is 29.5 Å². The Morgan fingerprint density at radius 2 is 2.12 bits per heavy atom. The van der Waals surface area contributed by atoms with Crippen molar-refractivity contribution in [3.63, 3.8) is 0 Å². The van der Waals surface area contributed by atoms with Crippen LogP contribution in [0.15, 0.2) is 0 Å². The van der Waals surface area contributed by atoms with Crippen LogP contribution in [-0.2, 0) is 9.53 Å². The van der Waals surface area contributed by atoms with E-state index in [1.54, 1.807) is 0 Å². The van der Waals surface area contributed by atoms with E-state index in [0.29, 0.717) is 12.5 Å². The van der Waals surface area contributed by atoms with Crippen LogP contribution < -0.4 is 0 Å². The molecule has 3 heteroatoms. The first-order chi connectivity index (χ1) is 7.54. The SMILES string of the molecule is CC(C)(C)N1CCC(OCCCCC=O)C1. The molecule has 94 valence electrons. The number of aldehydes is 1. The van der Waals surface area contributed by atoms with E-state index >= 15 is 0 Å². The molecule has 0 bridgehead atoms. The molecule has 0 saturated carbocycles. The Bertz CT molecular complexity index is 210. The quantitative estimate of drug-likeness (QED) is 0.515. The Morgan fingerprint density at radius 1 is 1.38 bits per heavy atom. The zero-order valence-electron chi connectivity index (χ0n) is 10.9. The van der Waals surface area contributed by atoms with E-state index in [0.717, 1.165) is 45.2 Å². The maximum atomic E-state index is 10.1. The van der Waals surface area contributed by atoms with Crippen molar-refractivity contribution in [3.05, 3.63) is 0 Å². The highest BCUT2D eigenvalue weighted by Crippen LogP contribution is 2.22. The van der Waals surface area contributed by atoms with Crippen molar-refractivity contribution in [2.45, 2.75) is 58.1 Å². The Labute approximate surface area is 99.1 Å². The van der Waals surface area contributed by atoms with Gasteiger partial charge in [0.05, 0.1) is 6.10 Å². The van der Waals surface area contributed by atoms with E-state index in [4.69, 9.17) is 4.74 Å². The van der Waals surface area contributed by atoms with Crippen LogP contribution in [0.25, 0.3) is 0 Å². The van der Waals surface area contributed by atoms with Gasteiger partial charge in [-0.25, -0.2) is 0 Å². The highest BCUT2D eigenvalue weighted by molar-refractivity contribution is 5.48. The van der Waals surface area contributed by atoms with Gasteiger partial charge in [-0.05, 0) is 40.0 Å². The van der Waals surface area contributed by atoms with E-state index in [1.165, 1.54) is 0 Å². The number of carbonyl (C=O) groups is 1. The van der Waals surface area contributed by atoms with Crippen LogP contribution in [0.4, 0.5) is 0 Å². The molecule has 3 nitrogen and oxygen atoms in total. The van der Waals surface area contributed by atoms with Crippen molar-refractivity contribution in [1.29, 1.82) is 0 Å². The third kappa shape index (κ3) is 4.62. The minimum absolute atomic E-state index is 0.260. The molecule has 0 aromatic carbocycles. The first-order valence-corrected chi connectivity index (χ1v) is 6.34. The number of hydrogen-bond acceptors (Lipinski definition) is 3. The van der Waals surface area contributed by atoms with Gasteiger partial charge in [-0.1, -0.05) is 0 Å². The molecular weight excluding hydrogens is 202 g/mol. The van der Waals surface area contributed by atoms with Crippen molar-refractivity contribution in [2.75, 3.05) is 19.7 Å². The molecule has 0 radical (unpaired) electrons. The summed E-state index contributed by atoms with van der Waals surface area (Å²) in [4.78, 5) is 12.6. The fourth-order valence-corrected chi connectivity index (χ4v) is 2.05. The summed E-state index contributed by atoms with van der Waals surface area (Å²) in [6.07, 6.45) is 5.16. The number of unbranched alkanes of at least 4 members (excludes halogenated alkanes) is 2. The van der Waals surface area contributed by atoms with Crippen LogP contribution >= 0.6 is 0 Å². The molecule has 1 atom stereocenters. The van der Waals surface area contributed by atoms with Gasteiger partial charge in [-0.3, -0.25) is 4.90 Å². The third-order valence-corrected chi connectivity index (χ3v) is 3.16. The van der Waals surface area contributed by atoms with Crippen molar-refractivity contribution >= 4 is 6.29 Å². The lowest BCUT2D eigenvalue weighted by molar-refractivity contribution is -0.108. The van der Waals surface area contributed by atoms with E-state index in [1.807, 2.05) is 0 Å². The highest BCUT2D eigenvalue weighted by atomic mass is 16.5. The van der Waals surface area contributed by atoms with Crippen LogP contribution in [0.5, 0.6) is 0 Å². The minimum Gasteiger partial charge on any atom is -0.377 e. The Morgan fingerprint density at radius 3 is 2.69 bits per heavy atom. The largest absolute Gasteiger partial charge is 0.377 e. The lowest BCUT2D eigenvalue weighted by Crippen LogP contribution is -2.40. The second-order valence-corrected chi connectivity index (χ2v) is 5.56. The van der Waals surface area contributed by atoms with E-state index in [2.05, 4.69) is 25.7 Å². The maximum Gasteiger partial charge on any atom is 0.119 e. The van der Waals surface area contributed by atoms with Crippen LogP contribution in [0.1, 0.15) is 46.5 Å². The second kappa shape index (κ2) is 6.36. The molecule has 1 aliphatic heterocycles. The number of rotatable bonds is 6. The summed E-state index contributed by atoms with van der Waals surface area (Å²) in [5.41, 5.74) is 0.260. The zero-order valence-corrected chi connectivity index (χ0v) is 10.9. The number of carbonyl (C=O) groups excluding carboxylic acids is 1. The summed E-state index contributed by atoms with van der Waals surface area (Å²) in [5.74, 6) is 0. The van der Waals surface area contributed by atoms with Crippen LogP contribution in [-0.4, -0.2) is 42.5 Å². The van der Waals surface area contributed by atoms with Gasteiger partial charge < -0.3 is 9.53 Å². The summed E-state index contributed by atoms with van der Waals surface area (Å²) >= 11 is 0. The predicted octanol–water partition coefficient (Wildman–Crippen LogP) is 2.25. The molecule has 1 aliphatic rings. The van der Waals surface area contributed by atoms with Gasteiger partial charge in [0.2, 0.25) is 0 Å². The van der Waals surface area contributed by atoms with E-state index in [9.17, 15) is 4.79 Å². The molecule has 1 unspecified atom stereocenters. The predicted molar refractivity (Wildman–Crippen MR) is 65.6 cm³/mol. The third-order valence-electron chi connectivity index (χ3n) is 3.16. The summed E-state index contributed by atoms with van der Waals surface area (Å²) in [7, 11) is 0. The molecule has 0 spiro atoms. The van der Waals surface area contributed by atoms with Crippen molar-refractivity contribution < 1.29 is 9.53 Å². The summed E-state index contributed by atoms with van der Waals surface area (Å²) in [5, 5.41) is 0. The number of ether oxygens (including phenoxy) is 1. The minimum atomic E-state index is 0.260. The lowest BCUT2D eigenvalue weighted by atomic mass is 10.1. The monoisotopic (exact) mass is 227 g/mol. The fraction of sp³-hybridized carbons (Fsp3) is 0.923. The van der Waals surface area contributed by atoms with E-state index in [-0.39, 0.29) is 5.54 Å². The normalized spacial score (nSPS) is 22.6. The van der Waals surface area contributed by atoms with Crippen molar-refractivity contribution in [3.8, 4) is 0 Å². The van der Waals surface area contributed by atoms with Crippen molar-refractivity contribution in [1.82, 2.24) is 4.90 Å². The molecule has 1 saturated heterocycles. The maximum absolute atomic E-state index is 10.1. The lowest BCUT2D eigenvalue weighted by Gasteiger charge is -2.31. The second-order valence-electron chi connectivity index (χ2n) is 5.56. The highest BCUT2D eigenvalue weighted by Gasteiger charge is 2.30. The van der Waals surface area contributed by atoms with Gasteiger partial charge >= 0.3 is 0 Å². The number of hydrogen-bond donors (Lipinski definition) is 0. The summed E-state index contributed by atoms with van der Waals surface area (Å²) in [6.45, 7) is 9.74. The standard InChI is InChI=1S/C13H25NO2/c1-13(2,3)14-8-7-12(11-14)16-10-6-4-5-9-15/h9,12H,4-8,10-11H2,1-3H3. The van der Waals surface area contributed by atoms with Crippen LogP contribution in [0, 0.1) is 0 Å². The fourth-order valence-electron chi connectivity index (χ4n) is 2.05. The molecule has 0 aromatic rings. The first kappa shape index (κ1) is 13.7. The Balaban J connectivity index is 2.10. The van der Waals surface area contributed by atoms with Gasteiger partial charge in [-0.15, -0.1) is 0 Å².